The van der Waals surface area contributed by atoms with E-state index in [9.17, 15) is 4.39 Å². The fourth-order valence-electron chi connectivity index (χ4n) is 2.35. The molecule has 2 aromatic carbocycles. The molecule has 0 amide bonds. The molecule has 1 N–H and O–H groups in total. The van der Waals surface area contributed by atoms with Crippen molar-refractivity contribution in [1.82, 2.24) is 5.32 Å². The van der Waals surface area contributed by atoms with Crippen LogP contribution in [0.2, 0.25) is 5.02 Å². The van der Waals surface area contributed by atoms with Gasteiger partial charge >= 0.3 is 0 Å². The third kappa shape index (κ3) is 4.45. The van der Waals surface area contributed by atoms with E-state index < -0.39 is 0 Å². The highest BCUT2D eigenvalue weighted by Crippen LogP contribution is 2.19. The van der Waals surface area contributed by atoms with Crippen molar-refractivity contribution in [1.29, 1.82) is 0 Å². The van der Waals surface area contributed by atoms with Crippen LogP contribution in [0.5, 0.6) is 5.75 Å². The van der Waals surface area contributed by atoms with E-state index in [2.05, 4.69) is 5.32 Å². The lowest BCUT2D eigenvalue weighted by molar-refractivity contribution is 0.386. The van der Waals surface area contributed by atoms with Crippen molar-refractivity contribution in [3.05, 3.63) is 64.4 Å². The Morgan fingerprint density at radius 1 is 1.14 bits per heavy atom. The Balaban J connectivity index is 2.07. The van der Waals surface area contributed by atoms with Crippen molar-refractivity contribution in [2.75, 3.05) is 14.2 Å². The van der Waals surface area contributed by atoms with Crippen LogP contribution in [-0.4, -0.2) is 20.2 Å². The van der Waals surface area contributed by atoms with Crippen LogP contribution in [0.4, 0.5) is 4.39 Å². The maximum Gasteiger partial charge on any atom is 0.165 e. The molecule has 0 heterocycles. The quantitative estimate of drug-likeness (QED) is 0.875. The van der Waals surface area contributed by atoms with Crippen LogP contribution in [0.25, 0.3) is 0 Å². The first kappa shape index (κ1) is 15.8. The number of halogens is 2. The average Bonchev–Trinajstić information content (AvgIpc) is 2.47. The van der Waals surface area contributed by atoms with Gasteiger partial charge in [-0.1, -0.05) is 29.8 Å². The van der Waals surface area contributed by atoms with Gasteiger partial charge in [0, 0.05) is 11.1 Å². The van der Waals surface area contributed by atoms with Crippen LogP contribution in [0.3, 0.4) is 0 Å². The Morgan fingerprint density at radius 3 is 2.43 bits per heavy atom. The van der Waals surface area contributed by atoms with Crippen molar-refractivity contribution in [3.8, 4) is 5.75 Å². The topological polar surface area (TPSA) is 21.3 Å². The molecule has 0 aliphatic rings. The molecule has 21 heavy (non-hydrogen) atoms. The van der Waals surface area contributed by atoms with Crippen LogP contribution in [0, 0.1) is 5.82 Å². The Bertz CT molecular complexity index is 603. The minimum atomic E-state index is -0.326. The number of benzene rings is 2. The zero-order valence-corrected chi connectivity index (χ0v) is 13.0. The van der Waals surface area contributed by atoms with Crippen LogP contribution < -0.4 is 10.1 Å². The molecule has 2 rings (SSSR count). The number of hydrogen-bond acceptors (Lipinski definition) is 2. The van der Waals surface area contributed by atoms with Crippen molar-refractivity contribution in [2.45, 2.75) is 18.9 Å². The van der Waals surface area contributed by atoms with Gasteiger partial charge in [-0.25, -0.2) is 4.39 Å². The van der Waals surface area contributed by atoms with E-state index in [0.717, 1.165) is 29.0 Å². The van der Waals surface area contributed by atoms with Crippen molar-refractivity contribution in [2.24, 2.45) is 0 Å². The van der Waals surface area contributed by atoms with E-state index in [-0.39, 0.29) is 17.6 Å². The third-order valence-corrected chi connectivity index (χ3v) is 3.71. The summed E-state index contributed by atoms with van der Waals surface area (Å²) >= 11 is 6.00. The Labute approximate surface area is 129 Å². The second-order valence-corrected chi connectivity index (χ2v) is 5.43. The van der Waals surface area contributed by atoms with Crippen LogP contribution in [-0.2, 0) is 12.8 Å². The number of likely N-dealkylation sites (N-methyl/N-ethyl adjacent to an activating group) is 1. The lowest BCUT2D eigenvalue weighted by atomic mass is 9.99. The van der Waals surface area contributed by atoms with Crippen LogP contribution >= 0.6 is 11.6 Å². The van der Waals surface area contributed by atoms with Gasteiger partial charge in [0.2, 0.25) is 0 Å². The molecule has 4 heteroatoms. The minimum Gasteiger partial charge on any atom is -0.494 e. The third-order valence-electron chi connectivity index (χ3n) is 3.48. The molecule has 0 aliphatic carbocycles. The van der Waals surface area contributed by atoms with Gasteiger partial charge < -0.3 is 10.1 Å². The van der Waals surface area contributed by atoms with Gasteiger partial charge in [0.25, 0.3) is 0 Å². The Morgan fingerprint density at radius 2 is 1.86 bits per heavy atom. The van der Waals surface area contributed by atoms with Crippen LogP contribution in [0.15, 0.2) is 42.5 Å². The zero-order chi connectivity index (χ0) is 15.2. The summed E-state index contributed by atoms with van der Waals surface area (Å²) in [5.74, 6) is -0.0535. The maximum absolute atomic E-state index is 13.7. The van der Waals surface area contributed by atoms with Crippen molar-refractivity contribution >= 4 is 11.6 Å². The Hall–Kier alpha value is -1.58. The average molecular weight is 308 g/mol. The van der Waals surface area contributed by atoms with E-state index >= 15 is 0 Å². The molecule has 0 aliphatic heterocycles. The molecular weight excluding hydrogens is 289 g/mol. The molecule has 0 radical (unpaired) electrons. The first-order chi connectivity index (χ1) is 10.1. The predicted octanol–water partition coefficient (Wildman–Crippen LogP) is 3.86. The molecule has 0 bridgehead atoms. The molecule has 0 fully saturated rings. The normalized spacial score (nSPS) is 12.2. The summed E-state index contributed by atoms with van der Waals surface area (Å²) < 4.78 is 18.7. The fraction of sp³-hybridized carbons (Fsp3) is 0.294. The number of ether oxygens (including phenoxy) is 1. The smallest absolute Gasteiger partial charge is 0.165 e. The summed E-state index contributed by atoms with van der Waals surface area (Å²) in [6, 6.07) is 13.1. The van der Waals surface area contributed by atoms with E-state index in [1.165, 1.54) is 13.2 Å². The SMILES string of the molecule is CNC(Cc1cccc(Cl)c1)Cc1ccc(OC)c(F)c1. The number of nitrogens with one attached hydrogen (secondary N) is 1. The summed E-state index contributed by atoms with van der Waals surface area (Å²) in [6.45, 7) is 0. The van der Waals surface area contributed by atoms with E-state index in [0.29, 0.717) is 0 Å². The van der Waals surface area contributed by atoms with Gasteiger partial charge in [-0.3, -0.25) is 0 Å². The molecule has 0 saturated heterocycles. The minimum absolute atomic E-state index is 0.219. The lowest BCUT2D eigenvalue weighted by Gasteiger charge is -2.17. The van der Waals surface area contributed by atoms with E-state index in [1.54, 1.807) is 6.07 Å². The highest BCUT2D eigenvalue weighted by molar-refractivity contribution is 6.30. The summed E-state index contributed by atoms with van der Waals surface area (Å²) in [5.41, 5.74) is 2.10. The first-order valence-electron chi connectivity index (χ1n) is 6.86. The van der Waals surface area contributed by atoms with Gasteiger partial charge in [-0.15, -0.1) is 0 Å². The number of rotatable bonds is 6. The monoisotopic (exact) mass is 307 g/mol. The van der Waals surface area contributed by atoms with Crippen molar-refractivity contribution < 1.29 is 9.13 Å². The summed E-state index contributed by atoms with van der Waals surface area (Å²) in [5, 5.41) is 4.00. The van der Waals surface area contributed by atoms with Gasteiger partial charge in [0.1, 0.15) is 0 Å². The molecule has 0 saturated carbocycles. The standard InChI is InChI=1S/C17H19ClFNO/c1-20-15(9-12-4-3-5-14(18)8-12)10-13-6-7-17(21-2)16(19)11-13/h3-8,11,15,20H,9-10H2,1-2H3. The van der Waals surface area contributed by atoms with E-state index in [4.69, 9.17) is 16.3 Å². The fourth-order valence-corrected chi connectivity index (χ4v) is 2.56. The molecule has 2 nitrogen and oxygen atoms in total. The molecule has 112 valence electrons. The lowest BCUT2D eigenvalue weighted by Crippen LogP contribution is -2.29. The van der Waals surface area contributed by atoms with Gasteiger partial charge in [-0.05, 0) is 55.3 Å². The van der Waals surface area contributed by atoms with Gasteiger partial charge in [0.05, 0.1) is 7.11 Å². The molecule has 0 spiro atoms. The highest BCUT2D eigenvalue weighted by Gasteiger charge is 2.11. The zero-order valence-electron chi connectivity index (χ0n) is 12.2. The first-order valence-corrected chi connectivity index (χ1v) is 7.24. The summed E-state index contributed by atoms with van der Waals surface area (Å²) in [7, 11) is 3.38. The van der Waals surface area contributed by atoms with Gasteiger partial charge in [0.15, 0.2) is 11.6 Å². The number of methoxy groups -OCH3 is 1. The molecule has 0 aromatic heterocycles. The Kier molecular flexibility index (Phi) is 5.59. The molecule has 1 atom stereocenters. The van der Waals surface area contributed by atoms with E-state index in [1.807, 2.05) is 37.4 Å². The summed E-state index contributed by atoms with van der Waals surface area (Å²) in [4.78, 5) is 0. The second kappa shape index (κ2) is 7.43. The molecule has 2 aromatic rings. The van der Waals surface area contributed by atoms with Gasteiger partial charge in [-0.2, -0.15) is 0 Å². The maximum atomic E-state index is 13.7. The predicted molar refractivity (Wildman–Crippen MR) is 84.7 cm³/mol. The highest BCUT2D eigenvalue weighted by atomic mass is 35.5. The number of hydrogen-bond donors (Lipinski definition) is 1. The molecule has 1 unspecified atom stereocenters. The van der Waals surface area contributed by atoms with Crippen molar-refractivity contribution in [3.63, 3.8) is 0 Å². The molecular formula is C17H19ClFNO. The van der Waals surface area contributed by atoms with Crippen LogP contribution in [0.1, 0.15) is 11.1 Å². The second-order valence-electron chi connectivity index (χ2n) is 4.99. The largest absolute Gasteiger partial charge is 0.494 e. The summed E-state index contributed by atoms with van der Waals surface area (Å²) in [6.07, 6.45) is 1.58.